The molecule has 1 heterocycles. The first kappa shape index (κ1) is 18.9. The number of morpholine rings is 1. The van der Waals surface area contributed by atoms with Gasteiger partial charge in [-0.05, 0) is 17.7 Å². The highest BCUT2D eigenvalue weighted by atomic mass is 32.2. The molecule has 3 rings (SSSR count). The lowest BCUT2D eigenvalue weighted by Crippen LogP contribution is -2.43. The Morgan fingerprint density at radius 2 is 1.77 bits per heavy atom. The molecule has 8 heteroatoms. The maximum atomic E-state index is 14.0. The number of nitrogens with zero attached hydrogens (tertiary/aromatic N) is 1. The van der Waals surface area contributed by atoms with Gasteiger partial charge in [-0.15, -0.1) is 0 Å². The van der Waals surface area contributed by atoms with Gasteiger partial charge in [0.05, 0.1) is 19.3 Å². The summed E-state index contributed by atoms with van der Waals surface area (Å²) >= 11 is 0. The van der Waals surface area contributed by atoms with Crippen molar-refractivity contribution >= 4 is 10.0 Å². The molecule has 0 unspecified atom stereocenters. The zero-order valence-corrected chi connectivity index (χ0v) is 14.9. The summed E-state index contributed by atoms with van der Waals surface area (Å²) in [5.74, 6) is -1.94. The number of hydrogen-bond acceptors (Lipinski definition) is 4. The Morgan fingerprint density at radius 3 is 2.42 bits per heavy atom. The minimum atomic E-state index is -4.16. The monoisotopic (exact) mass is 382 g/mol. The van der Waals surface area contributed by atoms with Crippen LogP contribution < -0.4 is 4.72 Å². The Morgan fingerprint density at radius 1 is 1.08 bits per heavy atom. The van der Waals surface area contributed by atoms with Crippen LogP contribution in [0.15, 0.2) is 53.4 Å². The van der Waals surface area contributed by atoms with E-state index in [1.54, 1.807) is 0 Å². The van der Waals surface area contributed by atoms with E-state index in [1.165, 1.54) is 0 Å². The van der Waals surface area contributed by atoms with Crippen LogP contribution in [0.5, 0.6) is 0 Å². The van der Waals surface area contributed by atoms with E-state index in [0.29, 0.717) is 38.9 Å². The molecule has 0 saturated carbocycles. The van der Waals surface area contributed by atoms with Crippen LogP contribution in [0, 0.1) is 11.6 Å². The molecule has 1 aliphatic heterocycles. The van der Waals surface area contributed by atoms with E-state index in [-0.39, 0.29) is 0 Å². The third kappa shape index (κ3) is 4.64. The number of ether oxygens (including phenoxy) is 1. The molecule has 26 heavy (non-hydrogen) atoms. The molecular formula is C18H20F2N2O3S. The van der Waals surface area contributed by atoms with Crippen molar-refractivity contribution in [2.75, 3.05) is 32.8 Å². The molecule has 2 aromatic rings. The third-order valence-corrected chi connectivity index (χ3v) is 5.73. The van der Waals surface area contributed by atoms with Crippen molar-refractivity contribution in [3.63, 3.8) is 0 Å². The molecule has 1 aliphatic rings. The lowest BCUT2D eigenvalue weighted by molar-refractivity contribution is 0.0345. The number of benzene rings is 2. The standard InChI is InChI=1S/C18H20F2N2O3S/c19-15-6-7-18(16(20)12-15)26(23,24)21-17(14-4-2-1-3-5-14)13-22-8-10-25-11-9-22/h1-7,12,17,21H,8-11,13H2/t17-/m0/s1. The van der Waals surface area contributed by atoms with Crippen molar-refractivity contribution in [3.05, 3.63) is 65.7 Å². The van der Waals surface area contributed by atoms with Crippen LogP contribution >= 0.6 is 0 Å². The van der Waals surface area contributed by atoms with Crippen molar-refractivity contribution in [1.82, 2.24) is 9.62 Å². The zero-order chi connectivity index (χ0) is 18.6. The molecule has 5 nitrogen and oxygen atoms in total. The van der Waals surface area contributed by atoms with E-state index >= 15 is 0 Å². The van der Waals surface area contributed by atoms with E-state index in [9.17, 15) is 17.2 Å². The van der Waals surface area contributed by atoms with E-state index < -0.39 is 32.6 Å². The molecular weight excluding hydrogens is 362 g/mol. The predicted octanol–water partition coefficient (Wildman–Crippen LogP) is 2.32. The SMILES string of the molecule is O=S(=O)(N[C@@H](CN1CCOCC1)c1ccccc1)c1ccc(F)cc1F. The van der Waals surface area contributed by atoms with E-state index in [4.69, 9.17) is 4.74 Å². The van der Waals surface area contributed by atoms with Crippen LogP contribution in [0.1, 0.15) is 11.6 Å². The van der Waals surface area contributed by atoms with Crippen LogP contribution in [-0.2, 0) is 14.8 Å². The second-order valence-corrected chi connectivity index (χ2v) is 7.75. The average molecular weight is 382 g/mol. The number of sulfonamides is 1. The largest absolute Gasteiger partial charge is 0.379 e. The zero-order valence-electron chi connectivity index (χ0n) is 14.1. The van der Waals surface area contributed by atoms with Crippen molar-refractivity contribution in [2.24, 2.45) is 0 Å². The van der Waals surface area contributed by atoms with Crippen molar-refractivity contribution in [2.45, 2.75) is 10.9 Å². The highest BCUT2D eigenvalue weighted by Gasteiger charge is 2.26. The molecule has 0 aromatic heterocycles. The first-order chi connectivity index (χ1) is 12.5. The van der Waals surface area contributed by atoms with Gasteiger partial charge in [0.25, 0.3) is 0 Å². The molecule has 0 amide bonds. The number of nitrogens with one attached hydrogen (secondary N) is 1. The van der Waals surface area contributed by atoms with Gasteiger partial charge in [-0.1, -0.05) is 30.3 Å². The van der Waals surface area contributed by atoms with Gasteiger partial charge in [-0.2, -0.15) is 0 Å². The van der Waals surface area contributed by atoms with Gasteiger partial charge in [0.2, 0.25) is 10.0 Å². The fraction of sp³-hybridized carbons (Fsp3) is 0.333. The molecule has 0 aliphatic carbocycles. The summed E-state index contributed by atoms with van der Waals surface area (Å²) in [5.41, 5.74) is 0.769. The van der Waals surface area contributed by atoms with Crippen LogP contribution in [0.25, 0.3) is 0 Å². The van der Waals surface area contributed by atoms with Gasteiger partial charge in [0, 0.05) is 25.7 Å². The highest BCUT2D eigenvalue weighted by Crippen LogP contribution is 2.21. The Bertz CT molecular complexity index is 841. The first-order valence-corrected chi connectivity index (χ1v) is 9.76. The summed E-state index contributed by atoms with van der Waals surface area (Å²) in [5, 5.41) is 0. The third-order valence-electron chi connectivity index (χ3n) is 4.23. The predicted molar refractivity (Wildman–Crippen MR) is 93.1 cm³/mol. The Labute approximate surface area is 151 Å². The fourth-order valence-corrected chi connectivity index (χ4v) is 4.16. The van der Waals surface area contributed by atoms with Crippen LogP contribution in [0.3, 0.4) is 0 Å². The Kier molecular flexibility index (Phi) is 5.98. The van der Waals surface area contributed by atoms with E-state index in [0.717, 1.165) is 17.7 Å². The minimum Gasteiger partial charge on any atom is -0.379 e. The maximum absolute atomic E-state index is 14.0. The lowest BCUT2D eigenvalue weighted by atomic mass is 10.1. The normalized spacial score (nSPS) is 17.2. The van der Waals surface area contributed by atoms with Crippen LogP contribution in [-0.4, -0.2) is 46.2 Å². The maximum Gasteiger partial charge on any atom is 0.244 e. The van der Waals surface area contributed by atoms with Gasteiger partial charge < -0.3 is 4.74 Å². The molecule has 140 valence electrons. The second kappa shape index (κ2) is 8.22. The van der Waals surface area contributed by atoms with Gasteiger partial charge >= 0.3 is 0 Å². The van der Waals surface area contributed by atoms with E-state index in [2.05, 4.69) is 9.62 Å². The minimum absolute atomic E-state index is 0.426. The van der Waals surface area contributed by atoms with Crippen LogP contribution in [0.4, 0.5) is 8.78 Å². The molecule has 2 aromatic carbocycles. The van der Waals surface area contributed by atoms with Crippen LogP contribution in [0.2, 0.25) is 0 Å². The molecule has 0 radical (unpaired) electrons. The quantitative estimate of drug-likeness (QED) is 0.833. The number of hydrogen-bond donors (Lipinski definition) is 1. The summed E-state index contributed by atoms with van der Waals surface area (Å²) in [6.45, 7) is 2.98. The fourth-order valence-electron chi connectivity index (χ4n) is 2.88. The molecule has 0 bridgehead atoms. The lowest BCUT2D eigenvalue weighted by Gasteiger charge is -2.31. The summed E-state index contributed by atoms with van der Waals surface area (Å²) < 4.78 is 60.3. The number of halogens is 2. The van der Waals surface area contributed by atoms with Gasteiger partial charge in [0.1, 0.15) is 16.5 Å². The summed E-state index contributed by atoms with van der Waals surface area (Å²) in [7, 11) is -4.16. The summed E-state index contributed by atoms with van der Waals surface area (Å²) in [6.07, 6.45) is 0. The summed E-state index contributed by atoms with van der Waals surface area (Å²) in [4.78, 5) is 1.52. The van der Waals surface area contributed by atoms with E-state index in [1.807, 2.05) is 30.3 Å². The van der Waals surface area contributed by atoms with Gasteiger partial charge in [-0.3, -0.25) is 4.90 Å². The van der Waals surface area contributed by atoms with Crippen molar-refractivity contribution in [3.8, 4) is 0 Å². The smallest absolute Gasteiger partial charge is 0.244 e. The van der Waals surface area contributed by atoms with Crippen molar-refractivity contribution in [1.29, 1.82) is 0 Å². The second-order valence-electron chi connectivity index (χ2n) is 6.07. The average Bonchev–Trinajstić information content (AvgIpc) is 2.62. The summed E-state index contributed by atoms with van der Waals surface area (Å²) in [6, 6.07) is 11.0. The molecule has 1 atom stereocenters. The highest BCUT2D eigenvalue weighted by molar-refractivity contribution is 7.89. The van der Waals surface area contributed by atoms with Gasteiger partial charge in [-0.25, -0.2) is 21.9 Å². The Hall–Kier alpha value is -1.87. The number of rotatable bonds is 6. The van der Waals surface area contributed by atoms with Crippen molar-refractivity contribution < 1.29 is 21.9 Å². The molecule has 1 fully saturated rings. The molecule has 0 spiro atoms. The molecule has 1 saturated heterocycles. The Balaban J connectivity index is 1.86. The topological polar surface area (TPSA) is 58.6 Å². The van der Waals surface area contributed by atoms with Gasteiger partial charge in [0.15, 0.2) is 0 Å². The first-order valence-electron chi connectivity index (χ1n) is 8.28. The molecule has 1 N–H and O–H groups in total.